The van der Waals surface area contributed by atoms with E-state index in [2.05, 4.69) is 6.92 Å². The molecule has 0 N–H and O–H groups in total. The number of halogens is 3. The Hall–Kier alpha value is -2.55. The summed E-state index contributed by atoms with van der Waals surface area (Å²) in [7, 11) is 0. The summed E-state index contributed by atoms with van der Waals surface area (Å²) in [4.78, 5) is 0. The Morgan fingerprint density at radius 1 is 0.697 bits per heavy atom. The van der Waals surface area contributed by atoms with Crippen LogP contribution >= 0.6 is 0 Å². The first-order valence-corrected chi connectivity index (χ1v) is 12.4. The van der Waals surface area contributed by atoms with Crippen molar-refractivity contribution in [1.82, 2.24) is 0 Å². The summed E-state index contributed by atoms with van der Waals surface area (Å²) in [5.41, 5.74) is 3.75. The van der Waals surface area contributed by atoms with Gasteiger partial charge in [0.05, 0.1) is 0 Å². The third kappa shape index (κ3) is 5.18. The van der Waals surface area contributed by atoms with E-state index in [-0.39, 0.29) is 11.4 Å². The second-order valence-corrected chi connectivity index (χ2v) is 9.47. The fourth-order valence-electron chi connectivity index (χ4n) is 5.33. The van der Waals surface area contributed by atoms with Crippen LogP contribution in [0.2, 0.25) is 0 Å². The smallest absolute Gasteiger partial charge is 0.166 e. The largest absolute Gasteiger partial charge is 0.207 e. The van der Waals surface area contributed by atoms with Crippen molar-refractivity contribution in [2.75, 3.05) is 0 Å². The van der Waals surface area contributed by atoms with Gasteiger partial charge >= 0.3 is 0 Å². The van der Waals surface area contributed by atoms with Crippen molar-refractivity contribution in [2.24, 2.45) is 5.92 Å². The molecule has 0 heterocycles. The Kier molecular flexibility index (Phi) is 7.57. The fraction of sp³-hybridized carbons (Fsp3) is 0.400. The first kappa shape index (κ1) is 23.6. The first-order chi connectivity index (χ1) is 16.0. The third-order valence-corrected chi connectivity index (χ3v) is 7.19. The molecule has 0 spiro atoms. The zero-order valence-electron chi connectivity index (χ0n) is 19.6. The van der Waals surface area contributed by atoms with Gasteiger partial charge < -0.3 is 0 Å². The molecule has 33 heavy (non-hydrogen) atoms. The number of benzene rings is 3. The third-order valence-electron chi connectivity index (χ3n) is 7.19. The quantitative estimate of drug-likeness (QED) is 0.336. The molecule has 1 aliphatic rings. The Labute approximate surface area is 195 Å². The van der Waals surface area contributed by atoms with Gasteiger partial charge in [-0.3, -0.25) is 0 Å². The van der Waals surface area contributed by atoms with Crippen LogP contribution in [0.4, 0.5) is 13.2 Å². The van der Waals surface area contributed by atoms with Crippen LogP contribution in [0.3, 0.4) is 0 Å². The average molecular weight is 451 g/mol. The lowest BCUT2D eigenvalue weighted by molar-refractivity contribution is 0.304. The van der Waals surface area contributed by atoms with Crippen LogP contribution in [0.15, 0.2) is 54.6 Å². The second-order valence-electron chi connectivity index (χ2n) is 9.47. The van der Waals surface area contributed by atoms with Crippen molar-refractivity contribution in [1.29, 1.82) is 0 Å². The van der Waals surface area contributed by atoms with E-state index in [4.69, 9.17) is 0 Å². The minimum Gasteiger partial charge on any atom is -0.207 e. The average Bonchev–Trinajstić information content (AvgIpc) is 2.83. The van der Waals surface area contributed by atoms with Crippen LogP contribution in [0.25, 0.3) is 22.3 Å². The van der Waals surface area contributed by atoms with Crippen molar-refractivity contribution in [2.45, 2.75) is 71.1 Å². The lowest BCUT2D eigenvalue weighted by atomic mass is 9.77. The lowest BCUT2D eigenvalue weighted by Gasteiger charge is -2.29. The summed E-state index contributed by atoms with van der Waals surface area (Å²) in [6.07, 6.45) is 8.30. The molecule has 3 aromatic carbocycles. The van der Waals surface area contributed by atoms with Gasteiger partial charge in [0.2, 0.25) is 0 Å². The monoisotopic (exact) mass is 450 g/mol. The Bertz CT molecular complexity index is 1080. The predicted molar refractivity (Wildman–Crippen MR) is 131 cm³/mol. The molecular weight excluding hydrogens is 417 g/mol. The van der Waals surface area contributed by atoms with Crippen LogP contribution in [-0.4, -0.2) is 0 Å². The van der Waals surface area contributed by atoms with Crippen LogP contribution in [-0.2, 0) is 6.42 Å². The number of rotatable bonds is 7. The maximum Gasteiger partial charge on any atom is 0.166 e. The molecule has 4 rings (SSSR count). The van der Waals surface area contributed by atoms with Crippen LogP contribution < -0.4 is 0 Å². The molecule has 0 bridgehead atoms. The molecule has 1 fully saturated rings. The van der Waals surface area contributed by atoms with Gasteiger partial charge in [-0.2, -0.15) is 0 Å². The SMILES string of the molecule is CCCc1ccc(-c2ccc(-c3ccc(C4CCC(CCC)CC4)c(F)c3)cc2)c(F)c1F. The summed E-state index contributed by atoms with van der Waals surface area (Å²) in [6, 6.07) is 16.1. The van der Waals surface area contributed by atoms with Crippen molar-refractivity contribution >= 4 is 0 Å². The Balaban J connectivity index is 1.51. The molecular formula is C30H33F3. The minimum atomic E-state index is -0.808. The number of aryl methyl sites for hydroxylation is 1. The van der Waals surface area contributed by atoms with E-state index < -0.39 is 11.6 Å². The van der Waals surface area contributed by atoms with Gasteiger partial charge in [-0.05, 0) is 77.8 Å². The van der Waals surface area contributed by atoms with Gasteiger partial charge in [0.1, 0.15) is 5.82 Å². The highest BCUT2D eigenvalue weighted by Crippen LogP contribution is 2.39. The lowest BCUT2D eigenvalue weighted by Crippen LogP contribution is -2.14. The van der Waals surface area contributed by atoms with Crippen LogP contribution in [0.1, 0.15) is 75.8 Å². The summed E-state index contributed by atoms with van der Waals surface area (Å²) < 4.78 is 44.0. The van der Waals surface area contributed by atoms with Gasteiger partial charge in [0.25, 0.3) is 0 Å². The molecule has 0 aliphatic heterocycles. The van der Waals surface area contributed by atoms with Crippen molar-refractivity contribution in [3.63, 3.8) is 0 Å². The van der Waals surface area contributed by atoms with Crippen LogP contribution in [0, 0.1) is 23.4 Å². The van der Waals surface area contributed by atoms with Crippen molar-refractivity contribution < 1.29 is 13.2 Å². The molecule has 0 unspecified atom stereocenters. The van der Waals surface area contributed by atoms with Crippen molar-refractivity contribution in [3.8, 4) is 22.3 Å². The zero-order chi connectivity index (χ0) is 23.4. The molecule has 0 amide bonds. The van der Waals surface area contributed by atoms with Gasteiger partial charge in [0, 0.05) is 5.56 Å². The van der Waals surface area contributed by atoms with E-state index in [1.54, 1.807) is 30.3 Å². The van der Waals surface area contributed by atoms with Gasteiger partial charge in [-0.15, -0.1) is 0 Å². The minimum absolute atomic E-state index is 0.143. The van der Waals surface area contributed by atoms with E-state index in [9.17, 15) is 8.78 Å². The first-order valence-electron chi connectivity index (χ1n) is 12.4. The predicted octanol–water partition coefficient (Wildman–Crippen LogP) is 9.46. The topological polar surface area (TPSA) is 0 Å². The second kappa shape index (κ2) is 10.6. The highest BCUT2D eigenvalue weighted by atomic mass is 19.2. The van der Waals surface area contributed by atoms with E-state index in [1.807, 2.05) is 31.2 Å². The summed E-state index contributed by atoms with van der Waals surface area (Å²) in [5.74, 6) is -0.607. The summed E-state index contributed by atoms with van der Waals surface area (Å²) >= 11 is 0. The summed E-state index contributed by atoms with van der Waals surface area (Å²) in [6.45, 7) is 4.17. The molecule has 3 aromatic rings. The van der Waals surface area contributed by atoms with E-state index in [1.165, 1.54) is 25.7 Å². The number of hydrogen-bond acceptors (Lipinski definition) is 0. The molecule has 174 valence electrons. The molecule has 1 aliphatic carbocycles. The highest BCUT2D eigenvalue weighted by Gasteiger charge is 2.24. The molecule has 0 radical (unpaired) electrons. The van der Waals surface area contributed by atoms with Crippen molar-refractivity contribution in [3.05, 3.63) is 83.2 Å². The molecule has 1 saturated carbocycles. The zero-order valence-corrected chi connectivity index (χ0v) is 19.6. The molecule has 3 heteroatoms. The van der Waals surface area contributed by atoms with Gasteiger partial charge in [-0.25, -0.2) is 13.2 Å². The van der Waals surface area contributed by atoms with Gasteiger partial charge in [0.15, 0.2) is 11.6 Å². The summed E-state index contributed by atoms with van der Waals surface area (Å²) in [5, 5.41) is 0. The number of hydrogen-bond donors (Lipinski definition) is 0. The van der Waals surface area contributed by atoms with E-state index in [0.717, 1.165) is 41.9 Å². The molecule has 0 aromatic heterocycles. The van der Waals surface area contributed by atoms with E-state index >= 15 is 4.39 Å². The maximum absolute atomic E-state index is 15.0. The Morgan fingerprint density at radius 3 is 2.00 bits per heavy atom. The molecule has 0 saturated heterocycles. The standard InChI is InChI=1S/C30H33F3/c1-3-5-20-7-9-22(10-8-20)26-17-16-25(19-28(26)31)21-11-13-23(14-12-21)27-18-15-24(6-4-2)29(32)30(27)33/h11-20,22H,3-10H2,1-2H3. The fourth-order valence-corrected chi connectivity index (χ4v) is 5.33. The molecule has 0 nitrogen and oxygen atoms in total. The maximum atomic E-state index is 15.0. The Morgan fingerprint density at radius 2 is 1.36 bits per heavy atom. The normalized spacial score (nSPS) is 18.5. The van der Waals surface area contributed by atoms with E-state index in [0.29, 0.717) is 23.5 Å². The van der Waals surface area contributed by atoms with Gasteiger partial charge in [-0.1, -0.05) is 81.6 Å². The molecule has 0 atom stereocenters. The van der Waals surface area contributed by atoms with Crippen LogP contribution in [0.5, 0.6) is 0 Å². The highest BCUT2D eigenvalue weighted by molar-refractivity contribution is 5.71.